The Hall–Kier alpha value is -2.38. The Balaban J connectivity index is 1.81. The van der Waals surface area contributed by atoms with Crippen molar-refractivity contribution in [2.24, 2.45) is 0 Å². The van der Waals surface area contributed by atoms with Gasteiger partial charge in [-0.05, 0) is 24.3 Å². The number of ketones is 1. The van der Waals surface area contributed by atoms with Gasteiger partial charge in [-0.25, -0.2) is 0 Å². The number of carbonyl (C=O) groups excluding carboxylic acids is 1. The summed E-state index contributed by atoms with van der Waals surface area (Å²) in [6, 6.07) is 15.1. The van der Waals surface area contributed by atoms with Crippen LogP contribution in [0, 0.1) is 0 Å². The third-order valence-corrected chi connectivity index (χ3v) is 5.37. The lowest BCUT2D eigenvalue weighted by Gasteiger charge is -2.09. The number of Topliss-reactive ketones (excluding diaryl/α,β-unsaturated/α-hetero) is 1. The number of allylic oxidation sites excluding steroid dienone is 1. The van der Waals surface area contributed by atoms with Crippen molar-refractivity contribution in [1.82, 2.24) is 14.8 Å². The van der Waals surface area contributed by atoms with Crippen LogP contribution in [0.4, 0.5) is 0 Å². The minimum atomic E-state index is -0.0178. The third kappa shape index (κ3) is 4.48. The van der Waals surface area contributed by atoms with E-state index in [1.165, 1.54) is 11.8 Å². The molecule has 0 N–H and O–H groups in total. The van der Waals surface area contributed by atoms with Crippen LogP contribution in [0.25, 0.3) is 11.4 Å². The van der Waals surface area contributed by atoms with E-state index < -0.39 is 0 Å². The first-order valence-electron chi connectivity index (χ1n) is 8.23. The molecule has 0 saturated heterocycles. The summed E-state index contributed by atoms with van der Waals surface area (Å²) in [5.41, 5.74) is 1.52. The Kier molecular flexibility index (Phi) is 6.47. The van der Waals surface area contributed by atoms with Gasteiger partial charge in [0.15, 0.2) is 16.8 Å². The molecule has 0 radical (unpaired) electrons. The first-order valence-corrected chi connectivity index (χ1v) is 10.0. The summed E-state index contributed by atoms with van der Waals surface area (Å²) in [7, 11) is 1.56. The second-order valence-corrected chi connectivity index (χ2v) is 7.48. The van der Waals surface area contributed by atoms with Crippen LogP contribution in [0.3, 0.4) is 0 Å². The number of hydrogen-bond acceptors (Lipinski definition) is 5. The molecule has 0 atom stereocenters. The van der Waals surface area contributed by atoms with E-state index >= 15 is 0 Å². The largest absolute Gasteiger partial charge is 0.496 e. The first kappa shape index (κ1) is 19.4. The van der Waals surface area contributed by atoms with Crippen LogP contribution in [0.5, 0.6) is 5.75 Å². The Bertz CT molecular complexity index is 954. The number of para-hydroxylation sites is 1. The highest BCUT2D eigenvalue weighted by molar-refractivity contribution is 9.10. The number of nitrogens with zero attached hydrogens (tertiary/aromatic N) is 3. The van der Waals surface area contributed by atoms with Gasteiger partial charge in [0.25, 0.3) is 0 Å². The molecule has 27 heavy (non-hydrogen) atoms. The van der Waals surface area contributed by atoms with E-state index in [0.29, 0.717) is 23.0 Å². The number of hydrogen-bond donors (Lipinski definition) is 0. The average molecular weight is 444 g/mol. The Morgan fingerprint density at radius 2 is 1.96 bits per heavy atom. The van der Waals surface area contributed by atoms with E-state index in [4.69, 9.17) is 4.74 Å². The Morgan fingerprint density at radius 3 is 2.67 bits per heavy atom. The number of benzene rings is 2. The molecule has 7 heteroatoms. The van der Waals surface area contributed by atoms with Gasteiger partial charge in [-0.3, -0.25) is 9.36 Å². The van der Waals surface area contributed by atoms with E-state index in [1.54, 1.807) is 25.3 Å². The molecule has 2 aromatic carbocycles. The molecule has 3 aromatic rings. The van der Waals surface area contributed by atoms with Crippen LogP contribution in [0.2, 0.25) is 0 Å². The predicted octanol–water partition coefficient (Wildman–Crippen LogP) is 4.88. The van der Waals surface area contributed by atoms with Crippen LogP contribution in [0.15, 0.2) is 70.8 Å². The van der Waals surface area contributed by atoms with Crippen molar-refractivity contribution < 1.29 is 9.53 Å². The van der Waals surface area contributed by atoms with Gasteiger partial charge >= 0.3 is 0 Å². The third-order valence-electron chi connectivity index (χ3n) is 3.87. The Labute approximate surface area is 170 Å². The molecule has 3 rings (SSSR count). The minimum absolute atomic E-state index is 0.0178. The zero-order valence-corrected chi connectivity index (χ0v) is 17.2. The lowest BCUT2D eigenvalue weighted by molar-refractivity contribution is 0.101. The van der Waals surface area contributed by atoms with Gasteiger partial charge in [-0.1, -0.05) is 58.0 Å². The fraction of sp³-hybridized carbons (Fsp3) is 0.150. The summed E-state index contributed by atoms with van der Waals surface area (Å²) in [5.74, 6) is 1.55. The van der Waals surface area contributed by atoms with Gasteiger partial charge in [0.2, 0.25) is 0 Å². The van der Waals surface area contributed by atoms with Crippen molar-refractivity contribution in [3.63, 3.8) is 0 Å². The lowest BCUT2D eigenvalue weighted by atomic mass is 10.1. The van der Waals surface area contributed by atoms with Crippen LogP contribution < -0.4 is 4.74 Å². The molecule has 0 unspecified atom stereocenters. The molecule has 5 nitrogen and oxygen atoms in total. The monoisotopic (exact) mass is 443 g/mol. The second kappa shape index (κ2) is 9.01. The highest BCUT2D eigenvalue weighted by Crippen LogP contribution is 2.27. The molecule has 1 heterocycles. The van der Waals surface area contributed by atoms with Crippen LogP contribution in [-0.2, 0) is 6.54 Å². The maximum atomic E-state index is 12.6. The number of halogens is 1. The van der Waals surface area contributed by atoms with Crippen LogP contribution in [0.1, 0.15) is 10.4 Å². The van der Waals surface area contributed by atoms with Gasteiger partial charge in [-0.2, -0.15) is 0 Å². The molecule has 0 amide bonds. The number of rotatable bonds is 8. The molecule has 0 bridgehead atoms. The van der Waals surface area contributed by atoms with Gasteiger partial charge < -0.3 is 4.74 Å². The maximum Gasteiger partial charge on any atom is 0.192 e. The number of carbonyl (C=O) groups is 1. The molecule has 138 valence electrons. The summed E-state index contributed by atoms with van der Waals surface area (Å²) >= 11 is 4.79. The quantitative estimate of drug-likeness (QED) is 0.282. The fourth-order valence-corrected chi connectivity index (χ4v) is 3.68. The summed E-state index contributed by atoms with van der Waals surface area (Å²) in [6.45, 7) is 4.37. The van der Waals surface area contributed by atoms with Crippen molar-refractivity contribution in [1.29, 1.82) is 0 Å². The van der Waals surface area contributed by atoms with Crippen molar-refractivity contribution in [2.75, 3.05) is 12.9 Å². The van der Waals surface area contributed by atoms with Gasteiger partial charge in [-0.15, -0.1) is 16.8 Å². The van der Waals surface area contributed by atoms with Gasteiger partial charge in [0.1, 0.15) is 5.75 Å². The molecular weight excluding hydrogens is 426 g/mol. The number of ether oxygens (including phenoxy) is 1. The predicted molar refractivity (Wildman–Crippen MR) is 111 cm³/mol. The average Bonchev–Trinajstić information content (AvgIpc) is 3.09. The van der Waals surface area contributed by atoms with E-state index in [2.05, 4.69) is 32.7 Å². The summed E-state index contributed by atoms with van der Waals surface area (Å²) in [5, 5.41) is 9.26. The van der Waals surface area contributed by atoms with Crippen molar-refractivity contribution in [2.45, 2.75) is 11.7 Å². The summed E-state index contributed by atoms with van der Waals surface area (Å²) < 4.78 is 8.22. The molecular formula is C20H18BrN3O2S. The topological polar surface area (TPSA) is 57.0 Å². The highest BCUT2D eigenvalue weighted by atomic mass is 79.9. The number of methoxy groups -OCH3 is 1. The summed E-state index contributed by atoms with van der Waals surface area (Å²) in [4.78, 5) is 12.6. The molecule has 0 aliphatic rings. The smallest absolute Gasteiger partial charge is 0.192 e. The minimum Gasteiger partial charge on any atom is -0.496 e. The maximum absolute atomic E-state index is 12.6. The first-order chi connectivity index (χ1) is 13.1. The molecule has 0 fully saturated rings. The van der Waals surface area contributed by atoms with Crippen molar-refractivity contribution >= 4 is 33.5 Å². The van der Waals surface area contributed by atoms with E-state index in [1.807, 2.05) is 41.0 Å². The molecule has 0 aliphatic carbocycles. The van der Waals surface area contributed by atoms with Crippen LogP contribution >= 0.6 is 27.7 Å². The zero-order valence-electron chi connectivity index (χ0n) is 14.8. The zero-order chi connectivity index (χ0) is 19.2. The van der Waals surface area contributed by atoms with Gasteiger partial charge in [0.05, 0.1) is 18.4 Å². The molecule has 0 saturated carbocycles. The van der Waals surface area contributed by atoms with E-state index in [-0.39, 0.29) is 11.5 Å². The van der Waals surface area contributed by atoms with E-state index in [0.717, 1.165) is 15.9 Å². The second-order valence-electron chi connectivity index (χ2n) is 5.62. The van der Waals surface area contributed by atoms with Crippen LogP contribution in [-0.4, -0.2) is 33.4 Å². The fourth-order valence-electron chi connectivity index (χ4n) is 2.58. The SMILES string of the molecule is C=CCn1c(SCC(=O)c2ccccc2OC)nnc1-c1ccc(Br)cc1. The standard InChI is InChI=1S/C20H18BrN3O2S/c1-3-12-24-19(14-8-10-15(21)11-9-14)22-23-20(24)27-13-17(25)16-6-4-5-7-18(16)26-2/h3-11H,1,12-13H2,2H3. The number of thioether (sulfide) groups is 1. The lowest BCUT2D eigenvalue weighted by Crippen LogP contribution is -2.07. The highest BCUT2D eigenvalue weighted by Gasteiger charge is 2.17. The van der Waals surface area contributed by atoms with Crippen molar-refractivity contribution in [3.05, 3.63) is 71.2 Å². The van der Waals surface area contributed by atoms with Crippen molar-refractivity contribution in [3.8, 4) is 17.1 Å². The summed E-state index contributed by atoms with van der Waals surface area (Å²) in [6.07, 6.45) is 1.79. The molecule has 0 aliphatic heterocycles. The Morgan fingerprint density at radius 1 is 1.22 bits per heavy atom. The van der Waals surface area contributed by atoms with E-state index in [9.17, 15) is 4.79 Å². The molecule has 0 spiro atoms. The van der Waals surface area contributed by atoms with Gasteiger partial charge in [0, 0.05) is 16.6 Å². The number of aromatic nitrogens is 3. The molecule has 1 aromatic heterocycles. The normalized spacial score (nSPS) is 10.6.